The van der Waals surface area contributed by atoms with E-state index in [0.29, 0.717) is 5.75 Å². The summed E-state index contributed by atoms with van der Waals surface area (Å²) < 4.78 is 43.5. The van der Waals surface area contributed by atoms with Gasteiger partial charge in [0.1, 0.15) is 17.6 Å². The van der Waals surface area contributed by atoms with Gasteiger partial charge in [0.15, 0.2) is 0 Å². The minimum absolute atomic E-state index is 0.220. The maximum absolute atomic E-state index is 13.1. The molecule has 0 radical (unpaired) electrons. The summed E-state index contributed by atoms with van der Waals surface area (Å²) in [5.74, 6) is -0.297. The number of hydrogen-bond donors (Lipinski definition) is 1. The van der Waals surface area contributed by atoms with Gasteiger partial charge >= 0.3 is 0 Å². The van der Waals surface area contributed by atoms with Crippen LogP contribution in [0, 0.1) is 5.82 Å². The zero-order valence-electron chi connectivity index (χ0n) is 14.8. The highest BCUT2D eigenvalue weighted by molar-refractivity contribution is 7.92. The molecule has 1 atom stereocenters. The molecule has 2 rings (SSSR count). The summed E-state index contributed by atoms with van der Waals surface area (Å²) >= 11 is 0. The summed E-state index contributed by atoms with van der Waals surface area (Å²) in [7, 11) is -2.19. The number of benzene rings is 2. The number of sulfonamides is 1. The minimum Gasteiger partial charge on any atom is -0.497 e. The largest absolute Gasteiger partial charge is 0.497 e. The number of nitrogens with one attached hydrogen (secondary N) is 1. The Kier molecular flexibility index (Phi) is 6.20. The van der Waals surface area contributed by atoms with Crippen LogP contribution in [-0.4, -0.2) is 33.7 Å². The molecular formula is C18H21FN2O4S. The number of anilines is 1. The second-order valence-corrected chi connectivity index (χ2v) is 7.64. The van der Waals surface area contributed by atoms with Gasteiger partial charge in [-0.05, 0) is 48.9 Å². The number of hydrogen-bond acceptors (Lipinski definition) is 4. The predicted molar refractivity (Wildman–Crippen MR) is 98.0 cm³/mol. The fourth-order valence-corrected chi connectivity index (χ4v) is 3.69. The number of amides is 1. The first-order chi connectivity index (χ1) is 12.2. The van der Waals surface area contributed by atoms with Gasteiger partial charge in [-0.15, -0.1) is 0 Å². The van der Waals surface area contributed by atoms with Crippen LogP contribution in [0.25, 0.3) is 0 Å². The van der Waals surface area contributed by atoms with Crippen LogP contribution in [0.4, 0.5) is 10.1 Å². The lowest BCUT2D eigenvalue weighted by Crippen LogP contribution is -2.47. The van der Waals surface area contributed by atoms with Crippen molar-refractivity contribution in [1.82, 2.24) is 5.32 Å². The van der Waals surface area contributed by atoms with E-state index >= 15 is 0 Å². The average Bonchev–Trinajstić information content (AvgIpc) is 2.60. The topological polar surface area (TPSA) is 75.7 Å². The molecule has 0 aliphatic heterocycles. The van der Waals surface area contributed by atoms with Crippen molar-refractivity contribution in [1.29, 1.82) is 0 Å². The van der Waals surface area contributed by atoms with Crippen molar-refractivity contribution in [2.75, 3.05) is 17.7 Å². The number of nitrogens with zero attached hydrogens (tertiary/aromatic N) is 1. The molecule has 2 aromatic carbocycles. The van der Waals surface area contributed by atoms with Crippen LogP contribution < -0.4 is 14.4 Å². The van der Waals surface area contributed by atoms with Crippen LogP contribution in [-0.2, 0) is 21.4 Å². The summed E-state index contributed by atoms with van der Waals surface area (Å²) in [6, 6.07) is 11.1. The van der Waals surface area contributed by atoms with E-state index in [9.17, 15) is 17.6 Å². The lowest BCUT2D eigenvalue weighted by Gasteiger charge is -2.28. The second-order valence-electron chi connectivity index (χ2n) is 5.78. The molecule has 0 aliphatic carbocycles. The molecule has 26 heavy (non-hydrogen) atoms. The first kappa shape index (κ1) is 19.7. The summed E-state index contributed by atoms with van der Waals surface area (Å²) in [6.45, 7) is 1.70. The Bertz CT molecular complexity index is 869. The third-order valence-electron chi connectivity index (χ3n) is 3.77. The van der Waals surface area contributed by atoms with Crippen molar-refractivity contribution in [3.63, 3.8) is 0 Å². The van der Waals surface area contributed by atoms with Gasteiger partial charge < -0.3 is 10.1 Å². The molecule has 0 saturated carbocycles. The van der Waals surface area contributed by atoms with Crippen molar-refractivity contribution < 1.29 is 22.3 Å². The molecule has 8 heteroatoms. The first-order valence-electron chi connectivity index (χ1n) is 7.88. The number of rotatable bonds is 7. The normalized spacial score (nSPS) is 12.3. The van der Waals surface area contributed by atoms with Gasteiger partial charge in [0.05, 0.1) is 19.1 Å². The highest BCUT2D eigenvalue weighted by Gasteiger charge is 2.28. The number of carbonyl (C=O) groups is 1. The molecule has 0 fully saturated rings. The van der Waals surface area contributed by atoms with E-state index in [-0.39, 0.29) is 12.2 Å². The standard InChI is InChI=1S/C18H21FN2O4S/c1-13(18(22)20-12-14-5-4-6-17(11-14)25-2)21(26(3,23)24)16-9-7-15(19)8-10-16/h4-11,13H,12H2,1-3H3,(H,20,22). The Morgan fingerprint density at radius 2 is 1.88 bits per heavy atom. The summed E-state index contributed by atoms with van der Waals surface area (Å²) in [5.41, 5.74) is 1.04. The van der Waals surface area contributed by atoms with Crippen LogP contribution >= 0.6 is 0 Å². The van der Waals surface area contributed by atoms with Crippen LogP contribution in [0.2, 0.25) is 0 Å². The maximum atomic E-state index is 13.1. The fourth-order valence-electron chi connectivity index (χ4n) is 2.52. The van der Waals surface area contributed by atoms with E-state index in [4.69, 9.17) is 4.74 Å². The first-order valence-corrected chi connectivity index (χ1v) is 9.73. The van der Waals surface area contributed by atoms with Gasteiger partial charge in [-0.3, -0.25) is 9.10 Å². The predicted octanol–water partition coefficient (Wildman–Crippen LogP) is 2.31. The second kappa shape index (κ2) is 8.18. The maximum Gasteiger partial charge on any atom is 0.243 e. The van der Waals surface area contributed by atoms with Crippen LogP contribution in [0.1, 0.15) is 12.5 Å². The summed E-state index contributed by atoms with van der Waals surface area (Å²) in [5, 5.41) is 2.71. The zero-order chi connectivity index (χ0) is 19.3. The zero-order valence-corrected chi connectivity index (χ0v) is 15.6. The number of ether oxygens (including phenoxy) is 1. The Morgan fingerprint density at radius 3 is 2.46 bits per heavy atom. The average molecular weight is 380 g/mol. The molecule has 0 spiro atoms. The Labute approximate surface area is 152 Å². The third kappa shape index (κ3) is 4.95. The number of methoxy groups -OCH3 is 1. The van der Waals surface area contributed by atoms with E-state index < -0.39 is 27.8 Å². The van der Waals surface area contributed by atoms with Crippen LogP contribution in [0.5, 0.6) is 5.75 Å². The molecule has 140 valence electrons. The van der Waals surface area contributed by atoms with Crippen molar-refractivity contribution in [2.24, 2.45) is 0 Å². The molecule has 0 aromatic heterocycles. The highest BCUT2D eigenvalue weighted by atomic mass is 32.2. The monoisotopic (exact) mass is 380 g/mol. The van der Waals surface area contributed by atoms with Gasteiger partial charge in [-0.25, -0.2) is 12.8 Å². The Balaban J connectivity index is 2.15. The molecule has 0 bridgehead atoms. The molecule has 1 amide bonds. The van der Waals surface area contributed by atoms with Gasteiger partial charge in [-0.2, -0.15) is 0 Å². The Morgan fingerprint density at radius 1 is 1.23 bits per heavy atom. The quantitative estimate of drug-likeness (QED) is 0.800. The smallest absolute Gasteiger partial charge is 0.243 e. The lowest BCUT2D eigenvalue weighted by atomic mass is 10.2. The highest BCUT2D eigenvalue weighted by Crippen LogP contribution is 2.21. The molecule has 0 aliphatic rings. The molecular weight excluding hydrogens is 359 g/mol. The third-order valence-corrected chi connectivity index (χ3v) is 5.01. The number of halogens is 1. The molecule has 1 unspecified atom stereocenters. The van der Waals surface area contributed by atoms with Crippen molar-refractivity contribution >= 4 is 21.6 Å². The van der Waals surface area contributed by atoms with E-state index in [1.807, 2.05) is 6.07 Å². The summed E-state index contributed by atoms with van der Waals surface area (Å²) in [4.78, 5) is 12.5. The SMILES string of the molecule is COc1cccc(CNC(=O)C(C)N(c2ccc(F)cc2)S(C)(=O)=O)c1. The molecule has 1 N–H and O–H groups in total. The molecule has 0 heterocycles. The molecule has 6 nitrogen and oxygen atoms in total. The van der Waals surface area contributed by atoms with Gasteiger partial charge in [0.25, 0.3) is 0 Å². The van der Waals surface area contributed by atoms with Crippen molar-refractivity contribution in [3.05, 3.63) is 59.9 Å². The van der Waals surface area contributed by atoms with E-state index in [2.05, 4.69) is 5.32 Å². The summed E-state index contributed by atoms with van der Waals surface area (Å²) in [6.07, 6.45) is 1.00. The van der Waals surface area contributed by atoms with Gasteiger partial charge in [0, 0.05) is 6.54 Å². The lowest BCUT2D eigenvalue weighted by molar-refractivity contribution is -0.122. The molecule has 2 aromatic rings. The van der Waals surface area contributed by atoms with E-state index in [1.165, 1.54) is 19.1 Å². The van der Waals surface area contributed by atoms with Crippen molar-refractivity contribution in [2.45, 2.75) is 19.5 Å². The van der Waals surface area contributed by atoms with E-state index in [1.54, 1.807) is 25.3 Å². The Hall–Kier alpha value is -2.61. The number of carbonyl (C=O) groups excluding carboxylic acids is 1. The van der Waals surface area contributed by atoms with Gasteiger partial charge in [0.2, 0.25) is 15.9 Å². The van der Waals surface area contributed by atoms with Crippen molar-refractivity contribution in [3.8, 4) is 5.75 Å². The van der Waals surface area contributed by atoms with Crippen LogP contribution in [0.15, 0.2) is 48.5 Å². The van der Waals surface area contributed by atoms with E-state index in [0.717, 1.165) is 28.3 Å². The minimum atomic E-state index is -3.74. The van der Waals surface area contributed by atoms with Crippen LogP contribution in [0.3, 0.4) is 0 Å². The van der Waals surface area contributed by atoms with Gasteiger partial charge in [-0.1, -0.05) is 12.1 Å². The molecule has 0 saturated heterocycles. The fraction of sp³-hybridized carbons (Fsp3) is 0.278.